The van der Waals surface area contributed by atoms with E-state index in [1.807, 2.05) is 6.08 Å². The molecule has 0 fully saturated rings. The van der Waals surface area contributed by atoms with E-state index < -0.39 is 0 Å². The summed E-state index contributed by atoms with van der Waals surface area (Å²) in [5.74, 6) is 0. The topological polar surface area (TPSA) is 0 Å². The molecule has 0 amide bonds. The van der Waals surface area contributed by atoms with Crippen LogP contribution in [0.1, 0.15) is 25.0 Å². The molecule has 0 nitrogen and oxygen atoms in total. The van der Waals surface area contributed by atoms with Gasteiger partial charge < -0.3 is 0 Å². The highest BCUT2D eigenvalue weighted by molar-refractivity contribution is 5.86. The first-order valence-corrected chi connectivity index (χ1v) is 7.32. The predicted molar refractivity (Wildman–Crippen MR) is 91.4 cm³/mol. The molecule has 0 aromatic heterocycles. The minimum atomic E-state index is -0.274. The molecule has 0 aliphatic heterocycles. The fraction of sp³-hybridized carbons (Fsp3) is 0.143. The molecule has 1 aliphatic rings. The lowest BCUT2D eigenvalue weighted by molar-refractivity contribution is 0.746. The van der Waals surface area contributed by atoms with E-state index in [0.29, 0.717) is 0 Å². The van der Waals surface area contributed by atoms with Crippen LogP contribution in [0.3, 0.4) is 0 Å². The van der Waals surface area contributed by atoms with Crippen molar-refractivity contribution in [1.29, 1.82) is 0 Å². The lowest BCUT2D eigenvalue weighted by Gasteiger charge is -2.34. The Kier molecular flexibility index (Phi) is 3.17. The lowest BCUT2D eigenvalue weighted by Crippen LogP contribution is -2.28. The van der Waals surface area contributed by atoms with Gasteiger partial charge in [-0.3, -0.25) is 0 Å². The maximum atomic E-state index is 4.34. The van der Waals surface area contributed by atoms with Gasteiger partial charge in [0.1, 0.15) is 0 Å². The van der Waals surface area contributed by atoms with Crippen LogP contribution in [-0.4, -0.2) is 0 Å². The van der Waals surface area contributed by atoms with Crippen molar-refractivity contribution in [2.75, 3.05) is 0 Å². The first-order chi connectivity index (χ1) is 10.2. The Labute approximate surface area is 127 Å². The van der Waals surface area contributed by atoms with Crippen molar-refractivity contribution in [1.82, 2.24) is 0 Å². The van der Waals surface area contributed by atoms with E-state index in [1.165, 1.54) is 27.8 Å². The summed E-state index contributed by atoms with van der Waals surface area (Å²) in [5.41, 5.74) is 7.29. The number of hydrogen-bond donors (Lipinski definition) is 0. The Balaban J connectivity index is 2.50. The van der Waals surface area contributed by atoms with E-state index >= 15 is 0 Å². The van der Waals surface area contributed by atoms with Gasteiger partial charge in [0.2, 0.25) is 0 Å². The molecule has 0 saturated heterocycles. The number of allylic oxidation sites excluding steroid dienone is 4. The second-order valence-electron chi connectivity index (χ2n) is 5.54. The molecule has 0 radical (unpaired) electrons. The second-order valence-corrected chi connectivity index (χ2v) is 5.54. The molecule has 3 rings (SSSR count). The largest absolute Gasteiger partial charge is 0.0988 e. The maximum absolute atomic E-state index is 4.34. The summed E-state index contributed by atoms with van der Waals surface area (Å²) in [6, 6.07) is 17.3. The van der Waals surface area contributed by atoms with Crippen molar-refractivity contribution in [2.45, 2.75) is 19.3 Å². The molecule has 0 bridgehead atoms. The molecule has 1 aliphatic carbocycles. The van der Waals surface area contributed by atoms with Gasteiger partial charge in [0, 0.05) is 0 Å². The molecule has 0 unspecified atom stereocenters. The summed E-state index contributed by atoms with van der Waals surface area (Å²) in [4.78, 5) is 0. The summed E-state index contributed by atoms with van der Waals surface area (Å²) >= 11 is 0. The van der Waals surface area contributed by atoms with Gasteiger partial charge in [-0.1, -0.05) is 79.4 Å². The molecule has 0 heteroatoms. The van der Waals surface area contributed by atoms with Crippen LogP contribution in [-0.2, 0) is 5.41 Å². The summed E-state index contributed by atoms with van der Waals surface area (Å²) in [5, 5.41) is 0. The summed E-state index contributed by atoms with van der Waals surface area (Å²) < 4.78 is 0. The zero-order valence-corrected chi connectivity index (χ0v) is 12.7. The maximum Gasteiger partial charge on any atom is 0.0664 e. The average molecular weight is 272 g/mol. The molecule has 0 saturated carbocycles. The summed E-state index contributed by atoms with van der Waals surface area (Å²) in [7, 11) is 0. The van der Waals surface area contributed by atoms with Crippen LogP contribution in [0, 0.1) is 0 Å². The molecule has 0 spiro atoms. The lowest BCUT2D eigenvalue weighted by atomic mass is 9.67. The number of fused-ring (bicyclic) bond motifs is 3. The molecule has 0 atom stereocenters. The van der Waals surface area contributed by atoms with Gasteiger partial charge in [0.25, 0.3) is 0 Å². The van der Waals surface area contributed by atoms with Gasteiger partial charge >= 0.3 is 0 Å². The Morgan fingerprint density at radius 2 is 1.43 bits per heavy atom. The number of benzene rings is 2. The number of rotatable bonds is 3. The fourth-order valence-electron chi connectivity index (χ4n) is 3.63. The van der Waals surface area contributed by atoms with E-state index in [4.69, 9.17) is 0 Å². The average Bonchev–Trinajstić information content (AvgIpc) is 2.85. The van der Waals surface area contributed by atoms with Crippen molar-refractivity contribution in [3.8, 4) is 11.1 Å². The van der Waals surface area contributed by atoms with E-state index in [9.17, 15) is 0 Å². The smallest absolute Gasteiger partial charge is 0.0664 e. The molecule has 104 valence electrons. The minimum Gasteiger partial charge on any atom is -0.0988 e. The van der Waals surface area contributed by atoms with Crippen molar-refractivity contribution >= 4 is 0 Å². The second kappa shape index (κ2) is 4.89. The minimum absolute atomic E-state index is 0.274. The van der Waals surface area contributed by atoms with Crippen LogP contribution >= 0.6 is 0 Å². The normalized spacial score (nSPS) is 15.2. The van der Waals surface area contributed by atoms with Gasteiger partial charge in [-0.2, -0.15) is 0 Å². The third kappa shape index (κ3) is 1.62. The molecular formula is C21H20. The summed E-state index contributed by atoms with van der Waals surface area (Å²) in [6.45, 7) is 12.6. The highest BCUT2D eigenvalue weighted by atomic mass is 14.5. The van der Waals surface area contributed by atoms with Crippen molar-refractivity contribution in [3.05, 3.63) is 96.1 Å². The van der Waals surface area contributed by atoms with Crippen molar-refractivity contribution < 1.29 is 0 Å². The van der Waals surface area contributed by atoms with Crippen LogP contribution in [0.2, 0.25) is 0 Å². The van der Waals surface area contributed by atoms with Crippen LogP contribution in [0.25, 0.3) is 11.1 Å². The third-order valence-corrected chi connectivity index (χ3v) is 4.70. The first kappa shape index (κ1) is 13.6. The molecular weight excluding hydrogens is 252 g/mol. The molecule has 0 N–H and O–H groups in total. The van der Waals surface area contributed by atoms with E-state index in [0.717, 1.165) is 5.57 Å². The highest BCUT2D eigenvalue weighted by Gasteiger charge is 2.45. The van der Waals surface area contributed by atoms with Crippen LogP contribution in [0.15, 0.2) is 85.0 Å². The van der Waals surface area contributed by atoms with Crippen LogP contribution in [0.5, 0.6) is 0 Å². The molecule has 2 aromatic carbocycles. The Morgan fingerprint density at radius 1 is 0.952 bits per heavy atom. The van der Waals surface area contributed by atoms with Crippen LogP contribution < -0.4 is 0 Å². The van der Waals surface area contributed by atoms with Crippen molar-refractivity contribution in [3.63, 3.8) is 0 Å². The highest BCUT2D eigenvalue weighted by Crippen LogP contribution is 2.55. The van der Waals surface area contributed by atoms with Gasteiger partial charge in [-0.25, -0.2) is 0 Å². The Hall–Kier alpha value is -2.34. The first-order valence-electron chi connectivity index (χ1n) is 7.32. The Morgan fingerprint density at radius 3 is 1.86 bits per heavy atom. The zero-order valence-electron chi connectivity index (χ0n) is 12.7. The Bertz CT molecular complexity index is 710. The summed E-state index contributed by atoms with van der Waals surface area (Å²) in [6.07, 6.45) is 4.08. The number of hydrogen-bond acceptors (Lipinski definition) is 0. The molecule has 2 aromatic rings. The SMILES string of the molecule is C=CC(=C)C1(/C(C)=C/C)c2ccccc2-c2ccccc21. The standard InChI is InChI=1S/C21H20/c1-5-15(3)21(16(4)6-2)19-13-9-7-11-17(19)18-12-8-10-14-20(18)21/h5-14H,1,3H2,2,4H3/b16-6+. The van der Waals surface area contributed by atoms with Crippen LogP contribution in [0.4, 0.5) is 0 Å². The fourth-order valence-corrected chi connectivity index (χ4v) is 3.63. The zero-order chi connectivity index (χ0) is 15.0. The molecule has 21 heavy (non-hydrogen) atoms. The van der Waals surface area contributed by atoms with E-state index in [1.54, 1.807) is 0 Å². The van der Waals surface area contributed by atoms with Gasteiger partial charge in [-0.15, -0.1) is 0 Å². The van der Waals surface area contributed by atoms with E-state index in [-0.39, 0.29) is 5.41 Å². The van der Waals surface area contributed by atoms with Gasteiger partial charge in [0.05, 0.1) is 5.41 Å². The van der Waals surface area contributed by atoms with Crippen molar-refractivity contribution in [2.24, 2.45) is 0 Å². The van der Waals surface area contributed by atoms with E-state index in [2.05, 4.69) is 81.6 Å². The van der Waals surface area contributed by atoms with Gasteiger partial charge in [-0.05, 0) is 41.7 Å². The third-order valence-electron chi connectivity index (χ3n) is 4.70. The van der Waals surface area contributed by atoms with Gasteiger partial charge in [0.15, 0.2) is 0 Å². The quantitative estimate of drug-likeness (QED) is 0.499. The predicted octanol–water partition coefficient (Wildman–Crippen LogP) is 5.66. The monoisotopic (exact) mass is 272 g/mol. The molecule has 0 heterocycles.